The molecule has 6 nitrogen and oxygen atoms in total. The van der Waals surface area contributed by atoms with E-state index in [-0.39, 0.29) is 0 Å². The van der Waals surface area contributed by atoms with E-state index in [9.17, 15) is 9.90 Å². The number of benzene rings is 2. The van der Waals surface area contributed by atoms with E-state index in [2.05, 4.69) is 4.98 Å². The van der Waals surface area contributed by atoms with Gasteiger partial charge >= 0.3 is 5.97 Å². The first-order valence-electron chi connectivity index (χ1n) is 10.6. The van der Waals surface area contributed by atoms with Gasteiger partial charge in [0.1, 0.15) is 0 Å². The lowest BCUT2D eigenvalue weighted by atomic mass is 9.88. The number of aliphatic carboxylic acids is 1. The van der Waals surface area contributed by atoms with E-state index in [1.165, 1.54) is 0 Å². The van der Waals surface area contributed by atoms with Gasteiger partial charge in [0.2, 0.25) is 0 Å². The highest BCUT2D eigenvalue weighted by molar-refractivity contribution is 6.30. The summed E-state index contributed by atoms with van der Waals surface area (Å²) in [5.74, 6) is -1.04. The van der Waals surface area contributed by atoms with Crippen LogP contribution in [0, 0.1) is 6.92 Å². The molecule has 1 N–H and O–H groups in total. The fraction of sp³-hybridized carbons (Fsp3) is 0.269. The van der Waals surface area contributed by atoms with Gasteiger partial charge in [-0.1, -0.05) is 23.7 Å². The number of ether oxygens (including phenoxy) is 1. The lowest BCUT2D eigenvalue weighted by molar-refractivity contribution is -0.160. The van der Waals surface area contributed by atoms with E-state index in [4.69, 9.17) is 21.3 Å². The van der Waals surface area contributed by atoms with Crippen LogP contribution in [0.25, 0.3) is 33.4 Å². The lowest BCUT2D eigenvalue weighted by Crippen LogP contribution is -2.28. The highest BCUT2D eigenvalue weighted by Gasteiger charge is 2.31. The van der Waals surface area contributed by atoms with Gasteiger partial charge in [0.15, 0.2) is 6.10 Å². The number of hydrogen-bond acceptors (Lipinski definition) is 4. The maximum Gasteiger partial charge on any atom is 0.337 e. The number of carboxylic acid groups (broad SMARTS) is 1. The van der Waals surface area contributed by atoms with Crippen LogP contribution in [0.15, 0.2) is 55.0 Å². The molecule has 0 saturated carbocycles. The van der Waals surface area contributed by atoms with Crippen LogP contribution >= 0.6 is 11.6 Å². The first-order chi connectivity index (χ1) is 15.5. The second kappa shape index (κ2) is 8.61. The summed E-state index contributed by atoms with van der Waals surface area (Å²) < 4.78 is 7.95. The molecule has 33 heavy (non-hydrogen) atoms. The van der Waals surface area contributed by atoms with E-state index < -0.39 is 17.7 Å². The summed E-state index contributed by atoms with van der Waals surface area (Å²) >= 11 is 6.14. The third kappa shape index (κ3) is 4.63. The van der Waals surface area contributed by atoms with Crippen LogP contribution in [-0.4, -0.2) is 31.2 Å². The highest BCUT2D eigenvalue weighted by Crippen LogP contribution is 2.41. The average molecular weight is 464 g/mol. The van der Waals surface area contributed by atoms with E-state index >= 15 is 0 Å². The normalized spacial score (nSPS) is 12.8. The molecule has 0 aliphatic heterocycles. The number of rotatable bonds is 5. The molecule has 2 aromatic heterocycles. The maximum absolute atomic E-state index is 12.4. The van der Waals surface area contributed by atoms with E-state index in [1.807, 2.05) is 69.6 Å². The number of aromatic nitrogens is 3. The number of pyridine rings is 1. The van der Waals surface area contributed by atoms with Crippen molar-refractivity contribution in [1.82, 2.24) is 14.5 Å². The van der Waals surface area contributed by atoms with Gasteiger partial charge in [-0.3, -0.25) is 0 Å². The number of halogens is 1. The average Bonchev–Trinajstić information content (AvgIpc) is 3.16. The van der Waals surface area contributed by atoms with Gasteiger partial charge < -0.3 is 14.4 Å². The molecule has 0 radical (unpaired) electrons. The molecule has 7 heteroatoms. The summed E-state index contributed by atoms with van der Waals surface area (Å²) in [5.41, 5.74) is 4.83. The van der Waals surface area contributed by atoms with Gasteiger partial charge in [0, 0.05) is 23.0 Å². The van der Waals surface area contributed by atoms with Gasteiger partial charge in [-0.2, -0.15) is 0 Å². The first kappa shape index (κ1) is 23.0. The molecule has 2 aromatic carbocycles. The molecule has 170 valence electrons. The van der Waals surface area contributed by atoms with E-state index in [1.54, 1.807) is 24.7 Å². The molecular weight excluding hydrogens is 438 g/mol. The van der Waals surface area contributed by atoms with Crippen LogP contribution in [0.4, 0.5) is 0 Å². The number of carbonyl (C=O) groups is 1. The Labute approximate surface area is 197 Å². The minimum Gasteiger partial charge on any atom is -0.479 e. The van der Waals surface area contributed by atoms with Crippen molar-refractivity contribution in [3.05, 3.63) is 71.1 Å². The fourth-order valence-electron chi connectivity index (χ4n) is 4.02. The van der Waals surface area contributed by atoms with E-state index in [0.29, 0.717) is 10.6 Å². The summed E-state index contributed by atoms with van der Waals surface area (Å²) in [7, 11) is 1.92. The minimum atomic E-state index is -1.14. The number of carboxylic acids is 1. The van der Waals surface area contributed by atoms with Crippen molar-refractivity contribution >= 4 is 28.5 Å². The summed E-state index contributed by atoms with van der Waals surface area (Å²) in [6, 6.07) is 13.2. The van der Waals surface area contributed by atoms with Crippen LogP contribution in [-0.2, 0) is 16.6 Å². The molecule has 0 spiro atoms. The lowest BCUT2D eigenvalue weighted by Gasteiger charge is -2.28. The fourth-order valence-corrected chi connectivity index (χ4v) is 4.15. The molecule has 0 amide bonds. The van der Waals surface area contributed by atoms with Gasteiger partial charge in [-0.25, -0.2) is 14.8 Å². The Kier molecular flexibility index (Phi) is 5.99. The zero-order valence-corrected chi connectivity index (χ0v) is 20.0. The van der Waals surface area contributed by atoms with Crippen molar-refractivity contribution in [2.24, 2.45) is 7.05 Å². The molecule has 0 aliphatic rings. The molecule has 0 saturated heterocycles. The van der Waals surface area contributed by atoms with Crippen LogP contribution in [0.2, 0.25) is 5.02 Å². The molecule has 0 unspecified atom stereocenters. The van der Waals surface area contributed by atoms with Gasteiger partial charge in [-0.05, 0) is 74.7 Å². The summed E-state index contributed by atoms with van der Waals surface area (Å²) in [6.07, 6.45) is 2.36. The van der Waals surface area contributed by atoms with Crippen molar-refractivity contribution in [1.29, 1.82) is 0 Å². The third-order valence-corrected chi connectivity index (χ3v) is 5.66. The molecule has 0 fully saturated rings. The Morgan fingerprint density at radius 2 is 1.85 bits per heavy atom. The SMILES string of the molecule is Cc1cc2nc(-c3cncn3C)ccc2c(-c2ccc(Cl)cc2)c1[C@H](OC(C)(C)C)C(=O)O. The number of fused-ring (bicyclic) bond motifs is 1. The summed E-state index contributed by atoms with van der Waals surface area (Å²) in [5, 5.41) is 11.6. The maximum atomic E-state index is 12.4. The van der Waals surface area contributed by atoms with Gasteiger partial charge in [0.05, 0.1) is 35.0 Å². The van der Waals surface area contributed by atoms with Crippen molar-refractivity contribution in [3.8, 4) is 22.5 Å². The largest absolute Gasteiger partial charge is 0.479 e. The number of nitrogens with zero attached hydrogens (tertiary/aromatic N) is 3. The van der Waals surface area contributed by atoms with Gasteiger partial charge in [-0.15, -0.1) is 0 Å². The van der Waals surface area contributed by atoms with Crippen LogP contribution < -0.4 is 0 Å². The molecule has 4 rings (SSSR count). The van der Waals surface area contributed by atoms with Gasteiger partial charge in [0.25, 0.3) is 0 Å². The number of hydrogen-bond donors (Lipinski definition) is 1. The zero-order valence-electron chi connectivity index (χ0n) is 19.3. The summed E-state index contributed by atoms with van der Waals surface area (Å²) in [4.78, 5) is 21.5. The first-order valence-corrected chi connectivity index (χ1v) is 11.0. The summed E-state index contributed by atoms with van der Waals surface area (Å²) in [6.45, 7) is 7.45. The molecule has 0 aliphatic carbocycles. The number of aryl methyl sites for hydroxylation is 2. The van der Waals surface area contributed by atoms with Crippen LogP contribution in [0.3, 0.4) is 0 Å². The molecular formula is C26H26ClN3O3. The molecule has 1 atom stereocenters. The Bertz CT molecular complexity index is 1340. The van der Waals surface area contributed by atoms with Crippen molar-refractivity contribution in [2.75, 3.05) is 0 Å². The van der Waals surface area contributed by atoms with Crippen molar-refractivity contribution in [2.45, 2.75) is 39.4 Å². The Balaban J connectivity index is 2.03. The standard InChI is InChI=1S/C26H26ClN3O3/c1-15-12-20-18(10-11-19(29-20)21-13-28-14-30(21)5)23(16-6-8-17(27)9-7-16)22(15)24(25(31)32)33-26(2,3)4/h6-14,24H,1-5H3,(H,31,32)/t24-/m0/s1. The Morgan fingerprint density at radius 3 is 2.42 bits per heavy atom. The molecule has 0 bridgehead atoms. The minimum absolute atomic E-state index is 0.606. The van der Waals surface area contributed by atoms with Crippen molar-refractivity contribution < 1.29 is 14.6 Å². The Hall–Kier alpha value is -3.22. The highest BCUT2D eigenvalue weighted by atomic mass is 35.5. The third-order valence-electron chi connectivity index (χ3n) is 5.41. The molecule has 4 aromatic rings. The number of imidazole rings is 1. The second-order valence-corrected chi connectivity index (χ2v) is 9.53. The van der Waals surface area contributed by atoms with Crippen molar-refractivity contribution in [3.63, 3.8) is 0 Å². The molecule has 2 heterocycles. The van der Waals surface area contributed by atoms with Crippen LogP contribution in [0.1, 0.15) is 38.0 Å². The van der Waals surface area contributed by atoms with E-state index in [0.717, 1.165) is 39.0 Å². The quantitative estimate of drug-likeness (QED) is 0.381. The predicted octanol–water partition coefficient (Wildman–Crippen LogP) is 6.20. The predicted molar refractivity (Wildman–Crippen MR) is 130 cm³/mol. The second-order valence-electron chi connectivity index (χ2n) is 9.09. The topological polar surface area (TPSA) is 77.2 Å². The smallest absolute Gasteiger partial charge is 0.337 e. The monoisotopic (exact) mass is 463 g/mol. The zero-order chi connectivity index (χ0) is 23.9. The Morgan fingerprint density at radius 1 is 1.15 bits per heavy atom. The van der Waals surface area contributed by atoms with Crippen LogP contribution in [0.5, 0.6) is 0 Å².